The highest BCUT2D eigenvalue weighted by atomic mass is 32.5. The Morgan fingerprint density at radius 3 is 0.938 bits per heavy atom. The summed E-state index contributed by atoms with van der Waals surface area (Å²) in [6, 6.07) is 0. The number of hydrogen-bond acceptors (Lipinski definition) is 46. The second kappa shape index (κ2) is 37.0. The zero-order valence-electron chi connectivity index (χ0n) is 66.0. The van der Waals surface area contributed by atoms with Gasteiger partial charge in [0.05, 0.1) is 108 Å². The molecule has 70 heteroatoms. The molecule has 130 heavy (non-hydrogen) atoms. The van der Waals surface area contributed by atoms with Crippen LogP contribution in [-0.4, -0.2) is 259 Å². The molecule has 11 aromatic rings. The number of hydrogen-bond donors (Lipinski definition) is 18. The number of nitrogens with one attached hydrogen (secondary N) is 5. The average molecular weight is 2050 g/mol. The maximum atomic E-state index is 13.1. The fraction of sp³-hybridized carbons (Fsp3) is 0.517. The van der Waals surface area contributed by atoms with Gasteiger partial charge in [0, 0.05) is 50.3 Å². The van der Waals surface area contributed by atoms with Gasteiger partial charge in [-0.25, -0.2) is 39.7 Å². The van der Waals surface area contributed by atoms with Crippen LogP contribution in [0.15, 0.2) is 72.9 Å². The predicted octanol–water partition coefficient (Wildman–Crippen LogP) is -2.47. The van der Waals surface area contributed by atoms with Gasteiger partial charge in [-0.3, -0.25) is 76.3 Å². The SMILES string of the molecule is Cc1cn(C2CC(O)C(COP(O)(=S)OC3CC(n4cnc5c(=O)[nH]c(N)nc54)OC3COP(O)(=S)OC3CC(n4cnc5c(=O)[nH]c(N)nc54)OC3COP(O)(=S)OC3CC(n4cnc5c(=O)[nH]c(N)nc54)OC3COP(O)(=S)OC3CC(n4cnc5c(N)ncnc54)OC3COP(O)(=S)OC3CC(n4cnc5c(=O)[nH]c(N)nc54)OC3COP(O)(O)=S)O2)c(=O)[nH]c1=O. The van der Waals surface area contributed by atoms with Crippen LogP contribution < -0.4 is 62.2 Å². The molecule has 23 N–H and O–H groups in total. The van der Waals surface area contributed by atoms with Crippen LogP contribution >= 0.6 is 40.3 Å². The first-order chi connectivity index (χ1) is 61.4. The molecule has 23 atom stereocenters. The van der Waals surface area contributed by atoms with Crippen molar-refractivity contribution in [3.8, 4) is 0 Å². The van der Waals surface area contributed by atoms with Gasteiger partial charge in [-0.15, -0.1) is 0 Å². The molecule has 702 valence electrons. The molecule has 0 radical (unpaired) electrons. The van der Waals surface area contributed by atoms with Crippen molar-refractivity contribution in [1.29, 1.82) is 0 Å². The van der Waals surface area contributed by atoms with Gasteiger partial charge in [0.25, 0.3) is 27.8 Å². The Hall–Kier alpha value is -7.47. The van der Waals surface area contributed by atoms with Crippen molar-refractivity contribution in [2.45, 2.75) is 156 Å². The molecule has 0 aliphatic carbocycles. The number of aromatic amines is 5. The zero-order chi connectivity index (χ0) is 92.3. The zero-order valence-corrected chi connectivity index (χ0v) is 76.3. The number of imidazole rings is 5. The van der Waals surface area contributed by atoms with Gasteiger partial charge in [-0.2, -0.15) is 19.9 Å². The summed E-state index contributed by atoms with van der Waals surface area (Å²) in [7, 11) is 0. The van der Waals surface area contributed by atoms with Crippen LogP contribution in [-0.2, 0) is 149 Å². The highest BCUT2D eigenvalue weighted by Gasteiger charge is 2.51. The number of aryl methyl sites for hydroxylation is 1. The normalized spacial score (nSPS) is 28.6. The maximum absolute atomic E-state index is 13.1. The van der Waals surface area contributed by atoms with E-state index in [1.54, 1.807) is 0 Å². The summed E-state index contributed by atoms with van der Waals surface area (Å²) < 4.78 is 112. The topological polar surface area (TPSA) is 802 Å². The molecule has 11 aromatic heterocycles. The highest BCUT2D eigenvalue weighted by Crippen LogP contribution is 2.57. The Bertz CT molecular complexity index is 6920. The Labute approximate surface area is 753 Å². The molecule has 6 aliphatic heterocycles. The van der Waals surface area contributed by atoms with Crippen LogP contribution in [0.5, 0.6) is 0 Å². The smallest absolute Gasteiger partial charge is 0.330 e. The number of nitrogens with zero attached hydrogens (tertiary/aromatic N) is 17. The van der Waals surface area contributed by atoms with Crippen molar-refractivity contribution in [3.63, 3.8) is 0 Å². The Kier molecular flexibility index (Phi) is 26.8. The first kappa shape index (κ1) is 94.3. The van der Waals surface area contributed by atoms with Gasteiger partial charge in [-0.1, -0.05) is 0 Å². The lowest BCUT2D eigenvalue weighted by atomic mass is 10.2. The van der Waals surface area contributed by atoms with Crippen molar-refractivity contribution in [2.75, 3.05) is 68.3 Å². The van der Waals surface area contributed by atoms with Crippen molar-refractivity contribution < 1.29 is 118 Å². The molecule has 6 fully saturated rings. The lowest BCUT2D eigenvalue weighted by molar-refractivity contribution is -0.0563. The molecular weight excluding hydrogens is 1970 g/mol. The van der Waals surface area contributed by atoms with Crippen molar-refractivity contribution in [2.24, 2.45) is 0 Å². The molecule has 0 amide bonds. The Morgan fingerprint density at radius 2 is 0.631 bits per heavy atom. The van der Waals surface area contributed by atoms with Gasteiger partial charge in [0.15, 0.2) is 56.1 Å². The summed E-state index contributed by atoms with van der Waals surface area (Å²) in [4.78, 5) is 215. The minimum Gasteiger partial charge on any atom is -0.390 e. The van der Waals surface area contributed by atoms with Crippen molar-refractivity contribution in [1.82, 2.24) is 107 Å². The summed E-state index contributed by atoms with van der Waals surface area (Å²) >= 11 is 32.8. The molecule has 58 nitrogen and oxygen atoms in total. The van der Waals surface area contributed by atoms with E-state index in [0.29, 0.717) is 0 Å². The summed E-state index contributed by atoms with van der Waals surface area (Å²) in [6.45, 7) is -30.1. The molecule has 17 rings (SSSR count). The third-order valence-corrected chi connectivity index (χ3v) is 29.8. The minimum atomic E-state index is -4.73. The number of nitrogen functional groups attached to an aromatic ring is 5. The van der Waals surface area contributed by atoms with Crippen LogP contribution in [0.25, 0.3) is 55.8 Å². The number of nitrogens with two attached hydrogens (primary N) is 5. The van der Waals surface area contributed by atoms with E-state index in [1.165, 1.54) is 73.9 Å². The number of fused-ring (bicyclic) bond motifs is 5. The number of ether oxygens (including phenoxy) is 6. The average Bonchev–Trinajstić information content (AvgIpc) is 1.63. The molecule has 0 spiro atoms. The standard InChI is InChI=1S/C60H75N27O31P6S6/c1-21-8-82(60(94)81-51(21)89)34-2-22(88)28(108-34)9-103-120(97,126)115-25-5-37(85-18-70-42-48(85)74-57(63)78-53(42)91)111-31(25)12-106-123(100,129)117-27-7-39(87-20-72-44-50(87)76-59(65)80-55(44)93)113-33(27)14-107-124(101,130)118-26-6-38(86-19-71-43-49(86)75-58(64)79-54(43)92)112-32(26)13-105-122(99,128)116-24-3-35(83-16-68-40-45(61)66-15-67-46(40)83)110-30(24)11-104-121(98,127)114-23-4-36(109-29(23)10-102-119(95,96)125)84-17-69-41-47(84)73-56(62)77-52(41)90/h8,15-20,22-39,88H,2-7,9-14H2,1H3,(H,97,126)(H,98,127)(H,99,128)(H,100,129)(H,101,130)(H2,61,66,67)(H,81,89,94)(H2,95,96,125)(H3,62,73,77,90)(H3,63,74,78,91)(H3,64,75,79,92)(H3,65,76,80,93). The van der Waals surface area contributed by atoms with Gasteiger partial charge < -0.3 is 146 Å². The summed E-state index contributed by atoms with van der Waals surface area (Å²) in [6.07, 6.45) is -16.1. The third-order valence-electron chi connectivity index (χ3n) is 21.1. The third kappa shape index (κ3) is 20.7. The molecule has 0 bridgehead atoms. The number of H-pyrrole nitrogens is 5. The summed E-state index contributed by atoms with van der Waals surface area (Å²) in [5.41, 5.74) is 25.3. The van der Waals surface area contributed by atoms with Crippen LogP contribution in [0.1, 0.15) is 81.5 Å². The quantitative estimate of drug-likeness (QED) is 0.0186. The number of rotatable bonds is 34. The monoisotopic (exact) mass is 2050 g/mol. The van der Waals surface area contributed by atoms with Crippen LogP contribution in [0.2, 0.25) is 0 Å². The number of aliphatic hydroxyl groups is 1. The second-order valence-electron chi connectivity index (χ2n) is 29.7. The molecule has 17 heterocycles. The maximum Gasteiger partial charge on any atom is 0.330 e. The van der Waals surface area contributed by atoms with E-state index in [4.69, 9.17) is 166 Å². The predicted molar refractivity (Wildman–Crippen MR) is 465 cm³/mol. The van der Waals surface area contributed by atoms with E-state index in [1.807, 2.05) is 0 Å². The van der Waals surface area contributed by atoms with Gasteiger partial charge >= 0.3 is 46.0 Å². The van der Waals surface area contributed by atoms with Crippen molar-refractivity contribution in [3.05, 3.63) is 112 Å². The Morgan fingerprint density at radius 1 is 0.362 bits per heavy atom. The second-order valence-corrected chi connectivity index (χ2v) is 46.4. The highest BCUT2D eigenvalue weighted by molar-refractivity contribution is 8.08. The van der Waals surface area contributed by atoms with Crippen LogP contribution in [0.3, 0.4) is 0 Å². The molecule has 0 saturated carbocycles. The first-order valence-electron chi connectivity index (χ1n) is 38.2. The molecular formula is C60H75N27O31P6S6. The fourth-order valence-corrected chi connectivity index (χ4v) is 23.1. The lowest BCUT2D eigenvalue weighted by Crippen LogP contribution is -2.33. The van der Waals surface area contributed by atoms with Gasteiger partial charge in [-0.05, 0) is 77.8 Å². The summed E-state index contributed by atoms with van der Waals surface area (Å²) in [5, 5.41) is 11.0. The van der Waals surface area contributed by atoms with E-state index >= 15 is 0 Å². The minimum absolute atomic E-state index is 0.00645. The van der Waals surface area contributed by atoms with E-state index in [9.17, 15) is 68.1 Å². The number of anilines is 5. The fourth-order valence-electron chi connectivity index (χ4n) is 15.2. The number of aromatic nitrogens is 22. The number of aliphatic hydroxyl groups excluding tert-OH is 1. The van der Waals surface area contributed by atoms with E-state index in [-0.39, 0.29) is 130 Å². The summed E-state index contributed by atoms with van der Waals surface area (Å²) in [5.74, 6) is -1.17. The largest absolute Gasteiger partial charge is 0.390 e. The van der Waals surface area contributed by atoms with Crippen LogP contribution in [0.4, 0.5) is 29.6 Å². The van der Waals surface area contributed by atoms with Crippen molar-refractivity contribution >= 4 is 197 Å². The first-order valence-corrected chi connectivity index (χ1v) is 53.7. The van der Waals surface area contributed by atoms with E-state index in [2.05, 4.69) is 91.6 Å². The molecule has 6 aliphatic rings. The molecule has 6 saturated heterocycles. The lowest BCUT2D eigenvalue weighted by Gasteiger charge is -2.28. The molecule has 23 unspecified atom stereocenters. The van der Waals surface area contributed by atoms with E-state index in [0.717, 1.165) is 4.57 Å². The van der Waals surface area contributed by atoms with E-state index < -0.39 is 224 Å². The van der Waals surface area contributed by atoms with Gasteiger partial charge in [0.1, 0.15) is 85.8 Å². The Balaban J connectivity index is 0.598. The van der Waals surface area contributed by atoms with Gasteiger partial charge in [0.2, 0.25) is 23.8 Å². The molecule has 0 aromatic carbocycles. The van der Waals surface area contributed by atoms with Crippen LogP contribution in [0, 0.1) is 6.92 Å².